The first-order chi connectivity index (χ1) is 7.72. The molecule has 0 unspecified atom stereocenters. The minimum atomic E-state index is -0.0251. The smallest absolute Gasteiger partial charge is 0.153 e. The molecule has 84 valence electrons. The second-order valence-electron chi connectivity index (χ2n) is 3.35. The maximum atomic E-state index is 10.5. The molecular formula is C12H14N2O2. The van der Waals surface area contributed by atoms with Gasteiger partial charge in [0, 0.05) is 24.8 Å². The molecule has 0 fully saturated rings. The number of aromatic hydroxyl groups is 1. The van der Waals surface area contributed by atoms with E-state index >= 15 is 0 Å². The molecule has 4 heteroatoms. The number of carbonyl (C=O) groups is 1. The lowest BCUT2D eigenvalue weighted by atomic mass is 10.2. The van der Waals surface area contributed by atoms with E-state index in [0.717, 1.165) is 12.2 Å². The minimum absolute atomic E-state index is 0.0251. The molecule has 1 N–H and O–H groups in total. The number of anilines is 1. The van der Waals surface area contributed by atoms with Gasteiger partial charge >= 0.3 is 0 Å². The van der Waals surface area contributed by atoms with E-state index in [4.69, 9.17) is 5.26 Å². The van der Waals surface area contributed by atoms with Crippen LogP contribution in [0.25, 0.3) is 0 Å². The van der Waals surface area contributed by atoms with Gasteiger partial charge < -0.3 is 10.0 Å². The van der Waals surface area contributed by atoms with Crippen molar-refractivity contribution in [1.29, 1.82) is 5.26 Å². The van der Waals surface area contributed by atoms with Crippen LogP contribution in [0.1, 0.15) is 23.7 Å². The third-order valence-electron chi connectivity index (χ3n) is 2.38. The summed E-state index contributed by atoms with van der Waals surface area (Å²) >= 11 is 0. The quantitative estimate of drug-likeness (QED) is 0.767. The largest absolute Gasteiger partial charge is 0.507 e. The van der Waals surface area contributed by atoms with Crippen LogP contribution in [0, 0.1) is 11.3 Å². The number of phenols is 1. The molecule has 16 heavy (non-hydrogen) atoms. The van der Waals surface area contributed by atoms with Gasteiger partial charge in [-0.05, 0) is 19.1 Å². The van der Waals surface area contributed by atoms with E-state index in [1.807, 2.05) is 11.8 Å². The van der Waals surface area contributed by atoms with Crippen LogP contribution >= 0.6 is 0 Å². The number of hydrogen-bond acceptors (Lipinski definition) is 4. The van der Waals surface area contributed by atoms with Crippen molar-refractivity contribution in [2.24, 2.45) is 0 Å². The number of hydrogen-bond donors (Lipinski definition) is 1. The van der Waals surface area contributed by atoms with E-state index in [-0.39, 0.29) is 11.3 Å². The summed E-state index contributed by atoms with van der Waals surface area (Å²) in [6, 6.07) is 6.97. The highest BCUT2D eigenvalue weighted by Crippen LogP contribution is 2.23. The maximum Gasteiger partial charge on any atom is 0.153 e. The van der Waals surface area contributed by atoms with Gasteiger partial charge in [-0.2, -0.15) is 5.26 Å². The van der Waals surface area contributed by atoms with Gasteiger partial charge in [0.1, 0.15) is 5.75 Å². The number of benzene rings is 1. The second-order valence-corrected chi connectivity index (χ2v) is 3.35. The number of phenolic OH excluding ortho intramolecular Hbond substituents is 1. The number of carbonyl (C=O) groups excluding carboxylic acids is 1. The predicted octanol–water partition coefficient (Wildman–Crippen LogP) is 1.94. The summed E-state index contributed by atoms with van der Waals surface area (Å²) in [7, 11) is 0. The number of aldehydes is 1. The molecule has 0 spiro atoms. The molecule has 0 amide bonds. The summed E-state index contributed by atoms with van der Waals surface area (Å²) < 4.78 is 0. The molecule has 0 aliphatic rings. The second kappa shape index (κ2) is 5.76. The molecule has 0 saturated heterocycles. The average molecular weight is 218 g/mol. The SMILES string of the molecule is CCN(CCC#N)c1ccc(C=O)c(O)c1. The molecular weight excluding hydrogens is 204 g/mol. The highest BCUT2D eigenvalue weighted by molar-refractivity contribution is 5.80. The van der Waals surface area contributed by atoms with E-state index in [9.17, 15) is 9.90 Å². The van der Waals surface area contributed by atoms with Crippen molar-refractivity contribution in [3.8, 4) is 11.8 Å². The van der Waals surface area contributed by atoms with E-state index < -0.39 is 0 Å². The van der Waals surface area contributed by atoms with Crippen molar-refractivity contribution in [2.45, 2.75) is 13.3 Å². The molecule has 0 aliphatic carbocycles. The Morgan fingerprint density at radius 1 is 1.56 bits per heavy atom. The Balaban J connectivity index is 2.89. The van der Waals surface area contributed by atoms with Gasteiger partial charge in [-0.3, -0.25) is 4.79 Å². The topological polar surface area (TPSA) is 64.3 Å². The van der Waals surface area contributed by atoms with Crippen LogP contribution in [0.4, 0.5) is 5.69 Å². The van der Waals surface area contributed by atoms with Gasteiger partial charge in [0.2, 0.25) is 0 Å². The lowest BCUT2D eigenvalue weighted by Gasteiger charge is -2.22. The Labute approximate surface area is 94.7 Å². The van der Waals surface area contributed by atoms with E-state index in [1.165, 1.54) is 0 Å². The van der Waals surface area contributed by atoms with E-state index in [0.29, 0.717) is 19.3 Å². The van der Waals surface area contributed by atoms with Crippen LogP contribution in [0.5, 0.6) is 5.75 Å². The summed E-state index contributed by atoms with van der Waals surface area (Å²) in [5.74, 6) is -0.0251. The van der Waals surface area contributed by atoms with Gasteiger partial charge in [0.15, 0.2) is 6.29 Å². The molecule has 0 aliphatic heterocycles. The Hall–Kier alpha value is -2.02. The normalized spacial score (nSPS) is 9.50. The van der Waals surface area contributed by atoms with Crippen molar-refractivity contribution in [1.82, 2.24) is 0 Å². The summed E-state index contributed by atoms with van der Waals surface area (Å²) in [5.41, 5.74) is 1.10. The van der Waals surface area contributed by atoms with Gasteiger partial charge in [-0.1, -0.05) is 0 Å². The summed E-state index contributed by atoms with van der Waals surface area (Å²) in [5, 5.41) is 18.1. The first-order valence-electron chi connectivity index (χ1n) is 5.13. The molecule has 0 bridgehead atoms. The Morgan fingerprint density at radius 3 is 2.81 bits per heavy atom. The van der Waals surface area contributed by atoms with Gasteiger partial charge in [0.25, 0.3) is 0 Å². The number of rotatable bonds is 5. The molecule has 1 aromatic rings. The molecule has 1 aromatic carbocycles. The van der Waals surface area contributed by atoms with Gasteiger partial charge in [0.05, 0.1) is 18.1 Å². The lowest BCUT2D eigenvalue weighted by Crippen LogP contribution is -2.23. The van der Waals surface area contributed by atoms with Crippen molar-refractivity contribution in [2.75, 3.05) is 18.0 Å². The molecule has 0 heterocycles. The van der Waals surface area contributed by atoms with Crippen molar-refractivity contribution in [3.63, 3.8) is 0 Å². The Kier molecular flexibility index (Phi) is 4.34. The van der Waals surface area contributed by atoms with Crippen LogP contribution < -0.4 is 4.90 Å². The number of nitriles is 1. The Morgan fingerprint density at radius 2 is 2.31 bits per heavy atom. The van der Waals surface area contributed by atoms with Gasteiger partial charge in [-0.25, -0.2) is 0 Å². The fourth-order valence-corrected chi connectivity index (χ4v) is 1.48. The maximum absolute atomic E-state index is 10.5. The average Bonchev–Trinajstić information content (AvgIpc) is 2.30. The van der Waals surface area contributed by atoms with Crippen molar-refractivity contribution in [3.05, 3.63) is 23.8 Å². The lowest BCUT2D eigenvalue weighted by molar-refractivity contribution is 0.112. The Bertz CT molecular complexity index is 410. The number of nitrogens with zero attached hydrogens (tertiary/aromatic N) is 2. The zero-order valence-electron chi connectivity index (χ0n) is 9.18. The first kappa shape index (κ1) is 12.1. The molecule has 0 saturated carbocycles. The fourth-order valence-electron chi connectivity index (χ4n) is 1.48. The van der Waals surface area contributed by atoms with Gasteiger partial charge in [-0.15, -0.1) is 0 Å². The highest BCUT2D eigenvalue weighted by atomic mass is 16.3. The van der Waals surface area contributed by atoms with E-state index in [2.05, 4.69) is 6.07 Å². The van der Waals surface area contributed by atoms with Crippen molar-refractivity contribution < 1.29 is 9.90 Å². The van der Waals surface area contributed by atoms with Crippen LogP contribution in [-0.2, 0) is 0 Å². The van der Waals surface area contributed by atoms with Crippen LogP contribution in [0.2, 0.25) is 0 Å². The van der Waals surface area contributed by atoms with Crippen LogP contribution in [0.15, 0.2) is 18.2 Å². The summed E-state index contributed by atoms with van der Waals surface area (Å²) in [6.07, 6.45) is 1.05. The molecule has 1 rings (SSSR count). The summed E-state index contributed by atoms with van der Waals surface area (Å²) in [4.78, 5) is 12.5. The standard InChI is InChI=1S/C12H14N2O2/c1-2-14(7-3-6-13)11-5-4-10(9-15)12(16)8-11/h4-5,8-9,16H,2-3,7H2,1H3. The molecule has 4 nitrogen and oxygen atoms in total. The predicted molar refractivity (Wildman–Crippen MR) is 61.6 cm³/mol. The summed E-state index contributed by atoms with van der Waals surface area (Å²) in [6.45, 7) is 3.34. The zero-order valence-corrected chi connectivity index (χ0v) is 9.18. The monoisotopic (exact) mass is 218 g/mol. The van der Waals surface area contributed by atoms with Crippen LogP contribution in [-0.4, -0.2) is 24.5 Å². The van der Waals surface area contributed by atoms with E-state index in [1.54, 1.807) is 18.2 Å². The molecule has 0 atom stereocenters. The zero-order chi connectivity index (χ0) is 12.0. The fraction of sp³-hybridized carbons (Fsp3) is 0.333. The van der Waals surface area contributed by atoms with Crippen LogP contribution in [0.3, 0.4) is 0 Å². The first-order valence-corrected chi connectivity index (χ1v) is 5.13. The molecule has 0 aromatic heterocycles. The molecule has 0 radical (unpaired) electrons. The minimum Gasteiger partial charge on any atom is -0.507 e. The highest BCUT2D eigenvalue weighted by Gasteiger charge is 2.07. The van der Waals surface area contributed by atoms with Crippen molar-refractivity contribution >= 4 is 12.0 Å². The third-order valence-corrected chi connectivity index (χ3v) is 2.38. The third kappa shape index (κ3) is 2.74.